The standard InChI is InChI=1S/C16H16F3N/c1-11-7-8-13(9-12(11)2)10-20-15-6-4-3-5-14(15)16(17,18)19/h3-9,20H,10H2,1-2H3. The Labute approximate surface area is 116 Å². The van der Waals surface area contributed by atoms with Gasteiger partial charge in [-0.05, 0) is 42.7 Å². The molecule has 0 amide bonds. The van der Waals surface area contributed by atoms with Gasteiger partial charge >= 0.3 is 6.18 Å². The van der Waals surface area contributed by atoms with E-state index in [0.717, 1.165) is 17.2 Å². The Morgan fingerprint density at radius 3 is 2.30 bits per heavy atom. The van der Waals surface area contributed by atoms with Crippen molar-refractivity contribution >= 4 is 5.69 Å². The van der Waals surface area contributed by atoms with Gasteiger partial charge in [-0.25, -0.2) is 0 Å². The van der Waals surface area contributed by atoms with Crippen LogP contribution in [0.4, 0.5) is 18.9 Å². The molecule has 2 rings (SSSR count). The Kier molecular flexibility index (Phi) is 4.02. The average molecular weight is 279 g/mol. The molecule has 0 atom stereocenters. The van der Waals surface area contributed by atoms with Crippen LogP contribution in [0.2, 0.25) is 0 Å². The number of anilines is 1. The summed E-state index contributed by atoms with van der Waals surface area (Å²) in [6, 6.07) is 11.4. The summed E-state index contributed by atoms with van der Waals surface area (Å²) in [4.78, 5) is 0. The van der Waals surface area contributed by atoms with Crippen molar-refractivity contribution in [3.8, 4) is 0 Å². The summed E-state index contributed by atoms with van der Waals surface area (Å²) in [5.41, 5.74) is 2.74. The van der Waals surface area contributed by atoms with E-state index in [9.17, 15) is 13.2 Å². The topological polar surface area (TPSA) is 12.0 Å². The number of nitrogens with one attached hydrogen (secondary N) is 1. The molecule has 106 valence electrons. The lowest BCUT2D eigenvalue weighted by Gasteiger charge is -2.14. The van der Waals surface area contributed by atoms with Gasteiger partial charge in [0.1, 0.15) is 0 Å². The van der Waals surface area contributed by atoms with E-state index in [-0.39, 0.29) is 5.69 Å². The van der Waals surface area contributed by atoms with Crippen molar-refractivity contribution in [2.45, 2.75) is 26.6 Å². The molecule has 0 radical (unpaired) electrons. The summed E-state index contributed by atoms with van der Waals surface area (Å²) in [5, 5.41) is 2.86. The smallest absolute Gasteiger partial charge is 0.380 e. The first-order valence-corrected chi connectivity index (χ1v) is 6.34. The highest BCUT2D eigenvalue weighted by atomic mass is 19.4. The van der Waals surface area contributed by atoms with E-state index < -0.39 is 11.7 Å². The molecular formula is C16H16F3N. The summed E-state index contributed by atoms with van der Waals surface area (Å²) >= 11 is 0. The second kappa shape index (κ2) is 5.57. The molecule has 0 heterocycles. The van der Waals surface area contributed by atoms with Crippen molar-refractivity contribution in [1.82, 2.24) is 0 Å². The zero-order chi connectivity index (χ0) is 14.8. The van der Waals surface area contributed by atoms with Gasteiger partial charge in [-0.3, -0.25) is 0 Å². The summed E-state index contributed by atoms with van der Waals surface area (Å²) in [5.74, 6) is 0. The van der Waals surface area contributed by atoms with Crippen molar-refractivity contribution in [3.63, 3.8) is 0 Å². The number of para-hydroxylation sites is 1. The van der Waals surface area contributed by atoms with Gasteiger partial charge in [0.05, 0.1) is 5.56 Å². The Morgan fingerprint density at radius 2 is 1.65 bits per heavy atom. The Bertz CT molecular complexity index is 603. The highest BCUT2D eigenvalue weighted by Crippen LogP contribution is 2.34. The molecule has 0 aliphatic rings. The molecule has 0 aliphatic carbocycles. The fourth-order valence-electron chi connectivity index (χ4n) is 2.00. The van der Waals surface area contributed by atoms with Gasteiger partial charge < -0.3 is 5.32 Å². The quantitative estimate of drug-likeness (QED) is 0.839. The minimum Gasteiger partial charge on any atom is -0.380 e. The molecule has 0 unspecified atom stereocenters. The van der Waals surface area contributed by atoms with Crippen LogP contribution >= 0.6 is 0 Å². The molecule has 0 bridgehead atoms. The number of halogens is 3. The average Bonchev–Trinajstić information content (AvgIpc) is 2.39. The fourth-order valence-corrected chi connectivity index (χ4v) is 2.00. The Hall–Kier alpha value is -1.97. The highest BCUT2D eigenvalue weighted by Gasteiger charge is 2.32. The van der Waals surface area contributed by atoms with Crippen LogP contribution in [0.25, 0.3) is 0 Å². The molecule has 2 aromatic rings. The van der Waals surface area contributed by atoms with Gasteiger partial charge in [0.15, 0.2) is 0 Å². The van der Waals surface area contributed by atoms with Crippen LogP contribution in [0.1, 0.15) is 22.3 Å². The minimum atomic E-state index is -4.34. The number of benzene rings is 2. The van der Waals surface area contributed by atoms with E-state index in [4.69, 9.17) is 0 Å². The Balaban J connectivity index is 2.17. The normalized spacial score (nSPS) is 11.4. The van der Waals surface area contributed by atoms with Crippen molar-refractivity contribution in [1.29, 1.82) is 0 Å². The van der Waals surface area contributed by atoms with E-state index >= 15 is 0 Å². The zero-order valence-corrected chi connectivity index (χ0v) is 11.4. The monoisotopic (exact) mass is 279 g/mol. The van der Waals surface area contributed by atoms with Crippen LogP contribution in [0.5, 0.6) is 0 Å². The zero-order valence-electron chi connectivity index (χ0n) is 11.4. The number of aryl methyl sites for hydroxylation is 2. The third-order valence-electron chi connectivity index (χ3n) is 3.29. The molecule has 0 aliphatic heterocycles. The van der Waals surface area contributed by atoms with Gasteiger partial charge in [0, 0.05) is 12.2 Å². The predicted molar refractivity (Wildman–Crippen MR) is 74.7 cm³/mol. The molecule has 0 saturated heterocycles. The number of rotatable bonds is 3. The summed E-state index contributed by atoms with van der Waals surface area (Å²) in [6.07, 6.45) is -4.34. The van der Waals surface area contributed by atoms with Gasteiger partial charge in [-0.15, -0.1) is 0 Å². The lowest BCUT2D eigenvalue weighted by molar-refractivity contribution is -0.136. The van der Waals surface area contributed by atoms with E-state index in [0.29, 0.717) is 6.54 Å². The van der Waals surface area contributed by atoms with E-state index in [1.807, 2.05) is 32.0 Å². The molecule has 0 saturated carbocycles. The Morgan fingerprint density at radius 1 is 0.950 bits per heavy atom. The highest BCUT2D eigenvalue weighted by molar-refractivity contribution is 5.53. The van der Waals surface area contributed by atoms with Crippen LogP contribution in [-0.4, -0.2) is 0 Å². The van der Waals surface area contributed by atoms with Crippen molar-refractivity contribution < 1.29 is 13.2 Å². The van der Waals surface area contributed by atoms with E-state index in [1.54, 1.807) is 6.07 Å². The first kappa shape index (κ1) is 14.4. The van der Waals surface area contributed by atoms with Crippen molar-refractivity contribution in [3.05, 3.63) is 64.7 Å². The fraction of sp³-hybridized carbons (Fsp3) is 0.250. The lowest BCUT2D eigenvalue weighted by atomic mass is 10.1. The SMILES string of the molecule is Cc1ccc(CNc2ccccc2C(F)(F)F)cc1C. The molecular weight excluding hydrogens is 263 g/mol. The third-order valence-corrected chi connectivity index (χ3v) is 3.29. The minimum absolute atomic E-state index is 0.109. The van der Waals surface area contributed by atoms with Crippen molar-refractivity contribution in [2.75, 3.05) is 5.32 Å². The van der Waals surface area contributed by atoms with Crippen LogP contribution in [0.15, 0.2) is 42.5 Å². The first-order valence-electron chi connectivity index (χ1n) is 6.34. The maximum absolute atomic E-state index is 12.9. The van der Waals surface area contributed by atoms with Crippen LogP contribution in [0.3, 0.4) is 0 Å². The summed E-state index contributed by atoms with van der Waals surface area (Å²) < 4.78 is 38.6. The summed E-state index contributed by atoms with van der Waals surface area (Å²) in [7, 11) is 0. The second-order valence-corrected chi connectivity index (χ2v) is 4.82. The molecule has 0 aromatic heterocycles. The molecule has 1 nitrogen and oxygen atoms in total. The van der Waals surface area contributed by atoms with Crippen LogP contribution < -0.4 is 5.32 Å². The molecule has 4 heteroatoms. The maximum atomic E-state index is 12.9. The van der Waals surface area contributed by atoms with Crippen LogP contribution in [-0.2, 0) is 12.7 Å². The van der Waals surface area contributed by atoms with Gasteiger partial charge in [0.25, 0.3) is 0 Å². The largest absolute Gasteiger partial charge is 0.418 e. The van der Waals surface area contributed by atoms with E-state index in [2.05, 4.69) is 5.32 Å². The van der Waals surface area contributed by atoms with Gasteiger partial charge in [0.2, 0.25) is 0 Å². The molecule has 0 spiro atoms. The first-order chi connectivity index (χ1) is 9.38. The summed E-state index contributed by atoms with van der Waals surface area (Å²) in [6.45, 7) is 4.36. The van der Waals surface area contributed by atoms with E-state index in [1.165, 1.54) is 17.7 Å². The van der Waals surface area contributed by atoms with Gasteiger partial charge in [-0.2, -0.15) is 13.2 Å². The molecule has 0 fully saturated rings. The predicted octanol–water partition coefficient (Wildman–Crippen LogP) is 4.93. The molecule has 1 N–H and O–H groups in total. The molecule has 20 heavy (non-hydrogen) atoms. The van der Waals surface area contributed by atoms with Gasteiger partial charge in [-0.1, -0.05) is 30.3 Å². The number of alkyl halides is 3. The second-order valence-electron chi connectivity index (χ2n) is 4.82. The van der Waals surface area contributed by atoms with Crippen molar-refractivity contribution in [2.24, 2.45) is 0 Å². The third kappa shape index (κ3) is 3.32. The van der Waals surface area contributed by atoms with Crippen LogP contribution in [0, 0.1) is 13.8 Å². The lowest BCUT2D eigenvalue weighted by Crippen LogP contribution is -2.10. The number of hydrogen-bond donors (Lipinski definition) is 1. The number of hydrogen-bond acceptors (Lipinski definition) is 1. The maximum Gasteiger partial charge on any atom is 0.418 e. The molecule has 2 aromatic carbocycles.